The molecule has 2 aliphatic rings. The summed E-state index contributed by atoms with van der Waals surface area (Å²) in [4.78, 5) is 31.0. The third-order valence-electron chi connectivity index (χ3n) is 6.76. The van der Waals surface area contributed by atoms with Gasteiger partial charge in [0, 0.05) is 57.8 Å². The van der Waals surface area contributed by atoms with Crippen molar-refractivity contribution in [2.45, 2.75) is 58.3 Å². The van der Waals surface area contributed by atoms with E-state index in [9.17, 15) is 22.8 Å². The van der Waals surface area contributed by atoms with Crippen LogP contribution >= 0.6 is 0 Å². The number of nitrogens with one attached hydrogen (secondary N) is 1. The molecule has 0 bridgehead atoms. The lowest BCUT2D eigenvalue weighted by atomic mass is 9.94. The molecule has 2 saturated heterocycles. The Hall–Kier alpha value is -2.29. The summed E-state index contributed by atoms with van der Waals surface area (Å²) < 4.78 is 38.8. The van der Waals surface area contributed by atoms with Crippen molar-refractivity contribution in [3.05, 3.63) is 35.4 Å². The first-order valence-electron chi connectivity index (χ1n) is 11.9. The van der Waals surface area contributed by atoms with Gasteiger partial charge in [-0.25, -0.2) is 4.79 Å². The molecule has 0 atom stereocenters. The third-order valence-corrected chi connectivity index (χ3v) is 6.76. The fourth-order valence-corrected chi connectivity index (χ4v) is 4.69. The maximum Gasteiger partial charge on any atom is 0.416 e. The highest BCUT2D eigenvalue weighted by Crippen LogP contribution is 2.30. The van der Waals surface area contributed by atoms with Gasteiger partial charge in [-0.3, -0.25) is 9.69 Å². The molecule has 184 valence electrons. The molecule has 0 aromatic heterocycles. The summed E-state index contributed by atoms with van der Waals surface area (Å²) in [5.41, 5.74) is 0.0327. The van der Waals surface area contributed by atoms with Gasteiger partial charge in [-0.05, 0) is 51.2 Å². The number of benzene rings is 1. The Kier molecular flexibility index (Phi) is 8.62. The fourth-order valence-electron chi connectivity index (χ4n) is 4.69. The Labute approximate surface area is 194 Å². The van der Waals surface area contributed by atoms with Crippen LogP contribution in [0.5, 0.6) is 0 Å². The molecule has 3 rings (SSSR count). The zero-order chi connectivity index (χ0) is 24.0. The molecule has 0 saturated carbocycles. The minimum absolute atomic E-state index is 0.0481. The largest absolute Gasteiger partial charge is 0.416 e. The second-order valence-corrected chi connectivity index (χ2v) is 8.97. The average Bonchev–Trinajstić information content (AvgIpc) is 2.81. The number of urea groups is 1. The first kappa shape index (κ1) is 25.3. The first-order chi connectivity index (χ1) is 15.7. The molecule has 0 aliphatic carbocycles. The molecular formula is C24H35F3N4O2. The van der Waals surface area contributed by atoms with Crippen LogP contribution in [0.15, 0.2) is 24.3 Å². The Morgan fingerprint density at radius 2 is 1.67 bits per heavy atom. The molecule has 2 aliphatic heterocycles. The van der Waals surface area contributed by atoms with E-state index in [1.165, 1.54) is 12.1 Å². The average molecular weight is 469 g/mol. The van der Waals surface area contributed by atoms with Crippen molar-refractivity contribution in [3.8, 4) is 0 Å². The van der Waals surface area contributed by atoms with Crippen LogP contribution in [0.4, 0.5) is 18.0 Å². The van der Waals surface area contributed by atoms with Crippen molar-refractivity contribution in [1.29, 1.82) is 0 Å². The van der Waals surface area contributed by atoms with E-state index in [1.54, 1.807) is 11.0 Å². The van der Waals surface area contributed by atoms with Gasteiger partial charge in [0.05, 0.1) is 5.56 Å². The monoisotopic (exact) mass is 468 g/mol. The fraction of sp³-hybridized carbons (Fsp3) is 0.667. The normalized spacial score (nSPS) is 18.9. The summed E-state index contributed by atoms with van der Waals surface area (Å²) >= 11 is 0. The number of nitrogens with zero attached hydrogens (tertiary/aromatic N) is 3. The Balaban J connectivity index is 1.41. The standard InChI is InChI=1S/C24H35F3N4O2/c1-3-30(4-2)23(33)31-14-8-19(9-15-31)22(32)28-21-10-12-29(13-11-21)17-18-6-5-7-20(16-18)24(25,26)27/h5-7,16,19,21H,3-4,8-15,17H2,1-2H3,(H,28,32). The van der Waals surface area contributed by atoms with Gasteiger partial charge in [-0.15, -0.1) is 0 Å². The third kappa shape index (κ3) is 6.85. The molecule has 1 aromatic rings. The smallest absolute Gasteiger partial charge is 0.353 e. The van der Waals surface area contributed by atoms with E-state index < -0.39 is 11.7 Å². The molecule has 33 heavy (non-hydrogen) atoms. The van der Waals surface area contributed by atoms with Crippen molar-refractivity contribution in [2.24, 2.45) is 5.92 Å². The van der Waals surface area contributed by atoms with Gasteiger partial charge in [0.1, 0.15) is 0 Å². The zero-order valence-corrected chi connectivity index (χ0v) is 19.5. The second-order valence-electron chi connectivity index (χ2n) is 8.97. The number of hydrogen-bond donors (Lipinski definition) is 1. The molecular weight excluding hydrogens is 433 g/mol. The number of piperidine rings is 2. The number of alkyl halides is 3. The van der Waals surface area contributed by atoms with E-state index in [2.05, 4.69) is 10.2 Å². The number of hydrogen-bond acceptors (Lipinski definition) is 3. The van der Waals surface area contributed by atoms with Crippen molar-refractivity contribution in [3.63, 3.8) is 0 Å². The number of carbonyl (C=O) groups is 2. The minimum atomic E-state index is -4.33. The van der Waals surface area contributed by atoms with Crippen LogP contribution < -0.4 is 5.32 Å². The molecule has 2 heterocycles. The molecule has 2 fully saturated rings. The SMILES string of the molecule is CCN(CC)C(=O)N1CCC(C(=O)NC2CCN(Cc3cccc(C(F)(F)F)c3)CC2)CC1. The molecule has 6 nitrogen and oxygen atoms in total. The van der Waals surface area contributed by atoms with E-state index in [0.717, 1.165) is 32.0 Å². The Morgan fingerprint density at radius 3 is 2.24 bits per heavy atom. The van der Waals surface area contributed by atoms with Crippen molar-refractivity contribution in [2.75, 3.05) is 39.3 Å². The minimum Gasteiger partial charge on any atom is -0.353 e. The predicted molar refractivity (Wildman–Crippen MR) is 120 cm³/mol. The van der Waals surface area contributed by atoms with Crippen molar-refractivity contribution < 1.29 is 22.8 Å². The summed E-state index contributed by atoms with van der Waals surface area (Å²) in [5, 5.41) is 3.16. The molecule has 1 aromatic carbocycles. The number of carbonyl (C=O) groups excluding carboxylic acids is 2. The van der Waals surface area contributed by atoms with Gasteiger partial charge in [-0.1, -0.05) is 18.2 Å². The highest BCUT2D eigenvalue weighted by atomic mass is 19.4. The van der Waals surface area contributed by atoms with Crippen LogP contribution in [0.25, 0.3) is 0 Å². The molecule has 3 amide bonds. The highest BCUT2D eigenvalue weighted by molar-refractivity contribution is 5.80. The predicted octanol–water partition coefficient (Wildman–Crippen LogP) is 3.96. The maximum atomic E-state index is 12.9. The van der Waals surface area contributed by atoms with Gasteiger partial charge in [0.15, 0.2) is 0 Å². The molecule has 0 unspecified atom stereocenters. The van der Waals surface area contributed by atoms with Crippen LogP contribution in [0, 0.1) is 5.92 Å². The van der Waals surface area contributed by atoms with E-state index in [-0.39, 0.29) is 23.9 Å². The number of amides is 3. The van der Waals surface area contributed by atoms with Gasteiger partial charge in [-0.2, -0.15) is 13.2 Å². The number of halogens is 3. The van der Waals surface area contributed by atoms with E-state index >= 15 is 0 Å². The van der Waals surface area contributed by atoms with Crippen LogP contribution in [0.3, 0.4) is 0 Å². The summed E-state index contributed by atoms with van der Waals surface area (Å²) in [6, 6.07) is 5.62. The van der Waals surface area contributed by atoms with Crippen molar-refractivity contribution in [1.82, 2.24) is 20.0 Å². The van der Waals surface area contributed by atoms with Crippen LogP contribution in [-0.4, -0.2) is 71.9 Å². The lowest BCUT2D eigenvalue weighted by Crippen LogP contribution is -2.50. The Bertz CT molecular complexity index is 797. The van der Waals surface area contributed by atoms with Crippen LogP contribution in [-0.2, 0) is 17.5 Å². The highest BCUT2D eigenvalue weighted by Gasteiger charge is 2.32. The second kappa shape index (κ2) is 11.2. The van der Waals surface area contributed by atoms with Gasteiger partial charge in [0.2, 0.25) is 5.91 Å². The van der Waals surface area contributed by atoms with E-state index in [0.29, 0.717) is 51.1 Å². The van der Waals surface area contributed by atoms with Crippen LogP contribution in [0.1, 0.15) is 50.7 Å². The topological polar surface area (TPSA) is 55.9 Å². The number of rotatable bonds is 6. The number of likely N-dealkylation sites (tertiary alicyclic amines) is 2. The maximum absolute atomic E-state index is 12.9. The first-order valence-corrected chi connectivity index (χ1v) is 11.9. The lowest BCUT2D eigenvalue weighted by molar-refractivity contribution is -0.137. The van der Waals surface area contributed by atoms with Crippen molar-refractivity contribution >= 4 is 11.9 Å². The van der Waals surface area contributed by atoms with Gasteiger partial charge in [0.25, 0.3) is 0 Å². The van der Waals surface area contributed by atoms with E-state index in [4.69, 9.17) is 0 Å². The summed E-state index contributed by atoms with van der Waals surface area (Å²) in [5.74, 6) is -0.0184. The molecule has 9 heteroatoms. The Morgan fingerprint density at radius 1 is 1.03 bits per heavy atom. The lowest BCUT2D eigenvalue weighted by Gasteiger charge is -2.36. The quantitative estimate of drug-likeness (QED) is 0.688. The summed E-state index contributed by atoms with van der Waals surface area (Å²) in [6.07, 6.45) is -1.42. The molecule has 0 spiro atoms. The van der Waals surface area contributed by atoms with E-state index in [1.807, 2.05) is 18.7 Å². The van der Waals surface area contributed by atoms with Gasteiger partial charge < -0.3 is 15.1 Å². The summed E-state index contributed by atoms with van der Waals surface area (Å²) in [7, 11) is 0. The molecule has 0 radical (unpaired) electrons. The molecule has 1 N–H and O–H groups in total. The summed E-state index contributed by atoms with van der Waals surface area (Å²) in [6.45, 7) is 8.44. The zero-order valence-electron chi connectivity index (χ0n) is 19.5. The van der Waals surface area contributed by atoms with Crippen LogP contribution in [0.2, 0.25) is 0 Å². The van der Waals surface area contributed by atoms with Gasteiger partial charge >= 0.3 is 12.2 Å².